The monoisotopic (exact) mass is 329 g/mol. The fraction of sp³-hybridized carbons (Fsp3) is 0.500. The number of amides is 1. The molecule has 4 nitrogen and oxygen atoms in total. The molecule has 1 amide bonds. The summed E-state index contributed by atoms with van der Waals surface area (Å²) in [5.41, 5.74) is -1.60. The molecule has 23 heavy (non-hydrogen) atoms. The van der Waals surface area contributed by atoms with Gasteiger partial charge in [-0.15, -0.1) is 0 Å². The lowest BCUT2D eigenvalue weighted by Gasteiger charge is -2.27. The smallest absolute Gasteiger partial charge is 0.406 e. The highest BCUT2D eigenvalue weighted by atomic mass is 19.4. The normalized spacial score (nSPS) is 21.7. The molecule has 1 heterocycles. The van der Waals surface area contributed by atoms with Crippen molar-refractivity contribution in [2.24, 2.45) is 5.41 Å². The molecule has 0 spiro atoms. The number of hydrogen-bond acceptors (Lipinski definition) is 2. The van der Waals surface area contributed by atoms with Crippen LogP contribution in [0.25, 0.3) is 0 Å². The Hall–Kier alpha value is -2.05. The van der Waals surface area contributed by atoms with Gasteiger partial charge in [0.25, 0.3) is 5.91 Å². The largest absolute Gasteiger partial charge is 0.481 e. The lowest BCUT2D eigenvalue weighted by atomic mass is 9.86. The van der Waals surface area contributed by atoms with Gasteiger partial charge >= 0.3 is 12.1 Å². The lowest BCUT2D eigenvalue weighted by Crippen LogP contribution is -2.47. The van der Waals surface area contributed by atoms with E-state index in [1.54, 1.807) is 24.3 Å². The van der Waals surface area contributed by atoms with Gasteiger partial charge in [-0.1, -0.05) is 26.0 Å². The van der Waals surface area contributed by atoms with Gasteiger partial charge in [-0.2, -0.15) is 13.2 Å². The number of rotatable bonds is 3. The van der Waals surface area contributed by atoms with Gasteiger partial charge in [0.15, 0.2) is 5.41 Å². The first-order valence-corrected chi connectivity index (χ1v) is 7.28. The molecule has 1 aliphatic heterocycles. The van der Waals surface area contributed by atoms with E-state index in [1.807, 2.05) is 13.8 Å². The summed E-state index contributed by atoms with van der Waals surface area (Å²) in [4.78, 5) is 24.4. The summed E-state index contributed by atoms with van der Waals surface area (Å²) in [5.74, 6) is -2.24. The predicted octanol–water partition coefficient (Wildman–Crippen LogP) is 3.29. The van der Waals surface area contributed by atoms with Crippen molar-refractivity contribution in [3.8, 4) is 0 Å². The first kappa shape index (κ1) is 17.3. The van der Waals surface area contributed by atoms with E-state index >= 15 is 0 Å². The molecule has 1 N–H and O–H groups in total. The molecule has 126 valence electrons. The van der Waals surface area contributed by atoms with Gasteiger partial charge in [0, 0.05) is 18.7 Å². The third-order valence-electron chi connectivity index (χ3n) is 4.33. The molecular weight excluding hydrogens is 311 g/mol. The van der Waals surface area contributed by atoms with E-state index < -0.39 is 36.4 Å². The van der Waals surface area contributed by atoms with Crippen molar-refractivity contribution in [3.63, 3.8) is 0 Å². The minimum absolute atomic E-state index is 0.226. The van der Waals surface area contributed by atoms with Crippen LogP contribution in [0.3, 0.4) is 0 Å². The molecular formula is C16H18F3NO3. The van der Waals surface area contributed by atoms with E-state index in [2.05, 4.69) is 0 Å². The van der Waals surface area contributed by atoms with Crippen molar-refractivity contribution in [3.05, 3.63) is 35.4 Å². The molecule has 0 radical (unpaired) electrons. The Morgan fingerprint density at radius 3 is 2.17 bits per heavy atom. The SMILES string of the molecule is CC(C)c1ccc(C(=O)N2CCC(C(=O)O)(C(F)(F)F)C2)cc1. The van der Waals surface area contributed by atoms with Crippen molar-refractivity contribution >= 4 is 11.9 Å². The second-order valence-electron chi connectivity index (χ2n) is 6.14. The Morgan fingerprint density at radius 2 is 1.78 bits per heavy atom. The topological polar surface area (TPSA) is 57.6 Å². The van der Waals surface area contributed by atoms with Crippen LogP contribution in [0.2, 0.25) is 0 Å². The van der Waals surface area contributed by atoms with Gasteiger partial charge in [-0.25, -0.2) is 0 Å². The zero-order valence-corrected chi connectivity index (χ0v) is 12.9. The summed E-state index contributed by atoms with van der Waals surface area (Å²) in [7, 11) is 0. The van der Waals surface area contributed by atoms with Crippen molar-refractivity contribution in [1.29, 1.82) is 0 Å². The molecule has 0 aromatic heterocycles. The van der Waals surface area contributed by atoms with Crippen LogP contribution in [0.1, 0.15) is 42.1 Å². The molecule has 0 saturated carbocycles. The number of likely N-dealkylation sites (tertiary alicyclic amines) is 1. The standard InChI is InChI=1S/C16H18F3NO3/c1-10(2)11-3-5-12(6-4-11)13(21)20-8-7-15(9-20,14(22)23)16(17,18)19/h3-6,10H,7-9H2,1-2H3,(H,22,23). The molecule has 1 aromatic rings. The molecule has 2 rings (SSSR count). The number of aliphatic carboxylic acids is 1. The summed E-state index contributed by atoms with van der Waals surface area (Å²) in [6.07, 6.45) is -5.52. The Kier molecular flexibility index (Phi) is 4.41. The number of carbonyl (C=O) groups excluding carboxylic acids is 1. The second-order valence-corrected chi connectivity index (χ2v) is 6.14. The summed E-state index contributed by atoms with van der Waals surface area (Å²) in [5, 5.41) is 9.01. The maximum absolute atomic E-state index is 13.1. The average Bonchev–Trinajstić information content (AvgIpc) is 2.93. The van der Waals surface area contributed by atoms with E-state index in [9.17, 15) is 22.8 Å². The zero-order chi connectivity index (χ0) is 17.4. The molecule has 7 heteroatoms. The van der Waals surface area contributed by atoms with E-state index in [4.69, 9.17) is 5.11 Å². The van der Waals surface area contributed by atoms with E-state index in [-0.39, 0.29) is 18.0 Å². The van der Waals surface area contributed by atoms with E-state index in [0.29, 0.717) is 0 Å². The van der Waals surface area contributed by atoms with Gasteiger partial charge in [-0.3, -0.25) is 9.59 Å². The van der Waals surface area contributed by atoms with Gasteiger partial charge in [0.2, 0.25) is 0 Å². The quantitative estimate of drug-likeness (QED) is 0.926. The maximum atomic E-state index is 13.1. The van der Waals surface area contributed by atoms with Crippen molar-refractivity contribution in [1.82, 2.24) is 4.90 Å². The van der Waals surface area contributed by atoms with Crippen LogP contribution in [-0.4, -0.2) is 41.1 Å². The number of carboxylic acids is 1. The number of carbonyl (C=O) groups is 2. The third-order valence-corrected chi connectivity index (χ3v) is 4.33. The number of carboxylic acid groups (broad SMARTS) is 1. The van der Waals surface area contributed by atoms with Gasteiger partial charge in [0.05, 0.1) is 0 Å². The number of hydrogen-bond donors (Lipinski definition) is 1. The number of nitrogens with zero attached hydrogens (tertiary/aromatic N) is 1. The van der Waals surface area contributed by atoms with Crippen LogP contribution in [0.4, 0.5) is 13.2 Å². The van der Waals surface area contributed by atoms with Crippen LogP contribution in [0.15, 0.2) is 24.3 Å². The van der Waals surface area contributed by atoms with Crippen molar-refractivity contribution in [2.75, 3.05) is 13.1 Å². The minimum Gasteiger partial charge on any atom is -0.481 e. The maximum Gasteiger partial charge on any atom is 0.406 e. The van der Waals surface area contributed by atoms with Gasteiger partial charge in [0.1, 0.15) is 0 Å². The van der Waals surface area contributed by atoms with Gasteiger partial charge in [-0.05, 0) is 30.0 Å². The second kappa shape index (κ2) is 5.86. The first-order chi connectivity index (χ1) is 10.6. The summed E-state index contributed by atoms with van der Waals surface area (Å²) in [6, 6.07) is 6.63. The molecule has 1 unspecified atom stereocenters. The Balaban J connectivity index is 2.20. The fourth-order valence-corrected chi connectivity index (χ4v) is 2.70. The molecule has 0 bridgehead atoms. The van der Waals surface area contributed by atoms with E-state index in [1.165, 1.54) is 0 Å². The fourth-order valence-electron chi connectivity index (χ4n) is 2.70. The molecule has 1 atom stereocenters. The number of halogens is 3. The Bertz CT molecular complexity index is 610. The molecule has 1 aromatic carbocycles. The molecule has 0 aliphatic carbocycles. The highest BCUT2D eigenvalue weighted by Crippen LogP contribution is 2.46. The van der Waals surface area contributed by atoms with Crippen molar-refractivity contribution < 1.29 is 27.9 Å². The molecule has 1 fully saturated rings. The minimum atomic E-state index is -4.89. The van der Waals surface area contributed by atoms with Crippen LogP contribution in [-0.2, 0) is 4.79 Å². The van der Waals surface area contributed by atoms with Crippen molar-refractivity contribution in [2.45, 2.75) is 32.4 Å². The summed E-state index contributed by atoms with van der Waals surface area (Å²) in [6.45, 7) is 2.90. The summed E-state index contributed by atoms with van der Waals surface area (Å²) < 4.78 is 39.4. The zero-order valence-electron chi connectivity index (χ0n) is 12.9. The Morgan fingerprint density at radius 1 is 1.22 bits per heavy atom. The van der Waals surface area contributed by atoms with Crippen LogP contribution < -0.4 is 0 Å². The van der Waals surface area contributed by atoms with E-state index in [0.717, 1.165) is 10.5 Å². The van der Waals surface area contributed by atoms with Gasteiger partial charge < -0.3 is 10.0 Å². The lowest BCUT2D eigenvalue weighted by molar-refractivity contribution is -0.227. The molecule has 1 saturated heterocycles. The third kappa shape index (κ3) is 3.04. The number of alkyl halides is 3. The van der Waals surface area contributed by atoms with Crippen LogP contribution in [0.5, 0.6) is 0 Å². The highest BCUT2D eigenvalue weighted by molar-refractivity contribution is 5.95. The number of benzene rings is 1. The molecule has 1 aliphatic rings. The first-order valence-electron chi connectivity index (χ1n) is 7.28. The predicted molar refractivity (Wildman–Crippen MR) is 77.2 cm³/mol. The highest BCUT2D eigenvalue weighted by Gasteiger charge is 2.64. The average molecular weight is 329 g/mol. The van der Waals surface area contributed by atoms with Crippen LogP contribution >= 0.6 is 0 Å². The Labute approximate surface area is 131 Å². The summed E-state index contributed by atoms with van der Waals surface area (Å²) >= 11 is 0. The van der Waals surface area contributed by atoms with Crippen LogP contribution in [0, 0.1) is 5.41 Å².